The highest BCUT2D eigenvalue weighted by molar-refractivity contribution is 9.10. The first-order valence-electron chi connectivity index (χ1n) is 13.7. The molecule has 0 fully saturated rings. The number of nitrogens with zero attached hydrogens (tertiary/aromatic N) is 2. The monoisotopic (exact) mass is 610 g/mol. The molecule has 3 nitrogen and oxygen atoms in total. The molecule has 202 valence electrons. The lowest BCUT2D eigenvalue weighted by molar-refractivity contribution is -0.118. The predicted molar refractivity (Wildman–Crippen MR) is 169 cm³/mol. The van der Waals surface area contributed by atoms with Gasteiger partial charge in [-0.15, -0.1) is 0 Å². The molecule has 4 aromatic carbocycles. The third-order valence-corrected chi connectivity index (χ3v) is 8.70. The van der Waals surface area contributed by atoms with E-state index in [0.717, 1.165) is 45.5 Å². The number of allylic oxidation sites excluding steroid dienone is 1. The van der Waals surface area contributed by atoms with Crippen LogP contribution in [0, 0.1) is 5.41 Å². The van der Waals surface area contributed by atoms with Crippen molar-refractivity contribution in [1.29, 1.82) is 0 Å². The number of anilines is 2. The Morgan fingerprint density at radius 2 is 1.43 bits per heavy atom. The first-order valence-corrected chi connectivity index (χ1v) is 14.9. The Labute approximate surface area is 250 Å². The minimum Gasteiger partial charge on any atom is -0.342 e. The van der Waals surface area contributed by atoms with Crippen LogP contribution in [-0.4, -0.2) is 12.3 Å². The third-order valence-electron chi connectivity index (χ3n) is 7.92. The van der Waals surface area contributed by atoms with Gasteiger partial charge in [0.2, 0.25) is 0 Å². The van der Waals surface area contributed by atoms with Crippen LogP contribution in [0.3, 0.4) is 0 Å². The summed E-state index contributed by atoms with van der Waals surface area (Å²) in [7, 11) is 0. The van der Waals surface area contributed by atoms with Crippen LogP contribution in [0.5, 0.6) is 0 Å². The van der Waals surface area contributed by atoms with E-state index in [0.29, 0.717) is 18.0 Å². The van der Waals surface area contributed by atoms with Crippen LogP contribution < -0.4 is 9.80 Å². The van der Waals surface area contributed by atoms with Gasteiger partial charge in [0.05, 0.1) is 6.54 Å². The van der Waals surface area contributed by atoms with Gasteiger partial charge in [-0.3, -0.25) is 4.79 Å². The van der Waals surface area contributed by atoms with Gasteiger partial charge in [0.1, 0.15) is 6.17 Å². The van der Waals surface area contributed by atoms with Crippen molar-refractivity contribution in [3.05, 3.63) is 141 Å². The first kappa shape index (κ1) is 26.9. The summed E-state index contributed by atoms with van der Waals surface area (Å²) >= 11 is 9.90. The third kappa shape index (κ3) is 5.48. The normalized spacial score (nSPS) is 18.6. The molecule has 0 saturated heterocycles. The van der Waals surface area contributed by atoms with Crippen LogP contribution in [0.2, 0.25) is 5.02 Å². The summed E-state index contributed by atoms with van der Waals surface area (Å²) in [4.78, 5) is 18.4. The van der Waals surface area contributed by atoms with E-state index in [4.69, 9.17) is 11.6 Å². The summed E-state index contributed by atoms with van der Waals surface area (Å²) in [5.41, 5.74) is 7.78. The lowest BCUT2D eigenvalue weighted by Gasteiger charge is -2.51. The number of carbonyl (C=O) groups excluding carboxylic acids is 1. The molecule has 0 spiro atoms. The van der Waals surface area contributed by atoms with E-state index < -0.39 is 0 Å². The zero-order valence-electron chi connectivity index (χ0n) is 22.8. The second kappa shape index (κ2) is 10.9. The van der Waals surface area contributed by atoms with Gasteiger partial charge in [0.25, 0.3) is 0 Å². The van der Waals surface area contributed by atoms with E-state index in [2.05, 4.69) is 131 Å². The number of hydrogen-bond acceptors (Lipinski definition) is 3. The molecule has 1 atom stereocenters. The van der Waals surface area contributed by atoms with Gasteiger partial charge in [-0.25, -0.2) is 0 Å². The maximum absolute atomic E-state index is 13.7. The lowest BCUT2D eigenvalue weighted by atomic mass is 9.74. The molecular weight excluding hydrogens is 580 g/mol. The molecule has 40 heavy (non-hydrogen) atoms. The van der Waals surface area contributed by atoms with E-state index in [1.165, 1.54) is 11.1 Å². The average Bonchev–Trinajstić information content (AvgIpc) is 2.94. The number of carbonyl (C=O) groups is 1. The average molecular weight is 612 g/mol. The molecule has 0 aromatic heterocycles. The zero-order chi connectivity index (χ0) is 27.9. The standard InChI is InChI=1S/C35H32BrClN2O/c1-35(2)21-32-31(33(40)22-35)23-38(29-18-14-28(37)15-19-29)34(26-10-12-27(36)13-11-26)39(32)30-16-8-25(9-17-30)20-24-6-4-3-5-7-24/h3-19,34H,20-23H2,1-2H3. The van der Waals surface area contributed by atoms with Crippen molar-refractivity contribution < 1.29 is 4.79 Å². The van der Waals surface area contributed by atoms with E-state index in [1.54, 1.807) is 0 Å². The number of benzene rings is 4. The summed E-state index contributed by atoms with van der Waals surface area (Å²) in [6.45, 7) is 4.97. The van der Waals surface area contributed by atoms with Crippen molar-refractivity contribution in [3.8, 4) is 0 Å². The fourth-order valence-corrected chi connectivity index (χ4v) is 6.40. The molecule has 1 heterocycles. The van der Waals surface area contributed by atoms with Gasteiger partial charge >= 0.3 is 0 Å². The highest BCUT2D eigenvalue weighted by atomic mass is 79.9. The molecule has 1 aliphatic heterocycles. The molecule has 0 radical (unpaired) electrons. The van der Waals surface area contributed by atoms with Crippen LogP contribution >= 0.6 is 27.5 Å². The number of hydrogen-bond donors (Lipinski definition) is 0. The van der Waals surface area contributed by atoms with Gasteiger partial charge in [-0.2, -0.15) is 0 Å². The number of Topliss-reactive ketones (excluding diaryl/α,β-unsaturated/α-hetero) is 1. The van der Waals surface area contributed by atoms with Crippen molar-refractivity contribution in [2.24, 2.45) is 5.41 Å². The van der Waals surface area contributed by atoms with Gasteiger partial charge in [-0.1, -0.05) is 96.0 Å². The second-order valence-electron chi connectivity index (χ2n) is 11.6. The van der Waals surface area contributed by atoms with Crippen LogP contribution in [0.25, 0.3) is 0 Å². The largest absolute Gasteiger partial charge is 0.342 e. The number of rotatable bonds is 5. The van der Waals surface area contributed by atoms with Crippen molar-refractivity contribution in [2.45, 2.75) is 39.3 Å². The quantitative estimate of drug-likeness (QED) is 0.225. The molecule has 1 aliphatic carbocycles. The predicted octanol–water partition coefficient (Wildman–Crippen LogP) is 9.36. The summed E-state index contributed by atoms with van der Waals surface area (Å²) in [6.07, 6.45) is 2.16. The highest BCUT2D eigenvalue weighted by Gasteiger charge is 2.43. The molecule has 0 amide bonds. The van der Waals surface area contributed by atoms with Crippen LogP contribution in [0.15, 0.2) is 119 Å². The summed E-state index contributed by atoms with van der Waals surface area (Å²) < 4.78 is 1.04. The van der Waals surface area contributed by atoms with Crippen molar-refractivity contribution in [1.82, 2.24) is 0 Å². The SMILES string of the molecule is CC1(C)CC(=O)C2=C(C1)N(c1ccc(Cc3ccccc3)cc1)C(c1ccc(Br)cc1)N(c1ccc(Cl)cc1)C2. The molecule has 2 aliphatic rings. The Hall–Kier alpha value is -3.34. The fraction of sp³-hybridized carbons (Fsp3) is 0.229. The lowest BCUT2D eigenvalue weighted by Crippen LogP contribution is -2.51. The molecule has 1 unspecified atom stereocenters. The Bertz CT molecular complexity index is 1540. The Balaban J connectivity index is 1.50. The maximum Gasteiger partial charge on any atom is 0.162 e. The van der Waals surface area contributed by atoms with Gasteiger partial charge in [-0.05, 0) is 83.5 Å². The minimum absolute atomic E-state index is 0.103. The Morgan fingerprint density at radius 1 is 0.800 bits per heavy atom. The van der Waals surface area contributed by atoms with Gasteiger partial charge < -0.3 is 9.80 Å². The van der Waals surface area contributed by atoms with E-state index in [1.807, 2.05) is 12.1 Å². The molecular formula is C35H32BrClN2O. The van der Waals surface area contributed by atoms with E-state index in [9.17, 15) is 4.79 Å². The minimum atomic E-state index is -0.130. The van der Waals surface area contributed by atoms with Crippen LogP contribution in [0.4, 0.5) is 11.4 Å². The van der Waals surface area contributed by atoms with Crippen molar-refractivity contribution in [3.63, 3.8) is 0 Å². The topological polar surface area (TPSA) is 23.6 Å². The number of halogens is 2. The summed E-state index contributed by atoms with van der Waals surface area (Å²) in [5, 5.41) is 0.696. The van der Waals surface area contributed by atoms with Crippen molar-refractivity contribution >= 4 is 44.7 Å². The molecule has 6 rings (SSSR count). The van der Waals surface area contributed by atoms with E-state index in [-0.39, 0.29) is 17.4 Å². The highest BCUT2D eigenvalue weighted by Crippen LogP contribution is 2.48. The zero-order valence-corrected chi connectivity index (χ0v) is 25.1. The van der Waals surface area contributed by atoms with Crippen LogP contribution in [-0.2, 0) is 11.2 Å². The Morgan fingerprint density at radius 3 is 2.10 bits per heavy atom. The molecule has 5 heteroatoms. The van der Waals surface area contributed by atoms with Gasteiger partial charge in [0, 0.05) is 38.6 Å². The fourth-order valence-electron chi connectivity index (χ4n) is 6.01. The first-order chi connectivity index (χ1) is 19.3. The Kier molecular flexibility index (Phi) is 7.33. The van der Waals surface area contributed by atoms with E-state index >= 15 is 0 Å². The van der Waals surface area contributed by atoms with Crippen LogP contribution in [0.1, 0.15) is 49.5 Å². The number of ketones is 1. The maximum atomic E-state index is 13.7. The van der Waals surface area contributed by atoms with Gasteiger partial charge in [0.15, 0.2) is 5.78 Å². The molecule has 4 aromatic rings. The summed E-state index contributed by atoms with van der Waals surface area (Å²) in [5.74, 6) is 0.241. The molecule has 0 bridgehead atoms. The smallest absolute Gasteiger partial charge is 0.162 e. The summed E-state index contributed by atoms with van der Waals surface area (Å²) in [6, 6.07) is 35.9. The molecule has 0 N–H and O–H groups in total. The van der Waals surface area contributed by atoms with Crippen molar-refractivity contribution in [2.75, 3.05) is 16.3 Å². The molecule has 0 saturated carbocycles. The second-order valence-corrected chi connectivity index (χ2v) is 12.9.